The summed E-state index contributed by atoms with van der Waals surface area (Å²) in [6, 6.07) is 23.0. The van der Waals surface area contributed by atoms with E-state index in [9.17, 15) is 0 Å². The van der Waals surface area contributed by atoms with Crippen LogP contribution in [0.2, 0.25) is 19.1 Å². The van der Waals surface area contributed by atoms with Crippen molar-refractivity contribution >= 4 is 37.0 Å². The highest BCUT2D eigenvalue weighted by atomic mass is 35.6. The quantitative estimate of drug-likeness (QED) is 0.401. The van der Waals surface area contributed by atoms with Gasteiger partial charge in [0.05, 0.1) is 0 Å². The molecule has 3 heteroatoms. The Morgan fingerprint density at radius 2 is 1.30 bits per heavy atom. The fourth-order valence-electron chi connectivity index (χ4n) is 2.28. The van der Waals surface area contributed by atoms with Crippen molar-refractivity contribution in [2.75, 3.05) is 6.16 Å². The van der Waals surface area contributed by atoms with Gasteiger partial charge in [0.2, 0.25) is 0 Å². The second-order valence-electron chi connectivity index (χ2n) is 5.64. The largest absolute Gasteiger partial charge is 0.168 e. The molecule has 2 aromatic rings. The highest BCUT2D eigenvalue weighted by Gasteiger charge is 2.19. The molecule has 0 aliphatic rings. The number of benzene rings is 2. The topological polar surface area (TPSA) is 0 Å². The van der Waals surface area contributed by atoms with Crippen LogP contribution in [-0.4, -0.2) is 13.5 Å². The summed E-state index contributed by atoms with van der Waals surface area (Å²) in [7, 11) is -1.68. The van der Waals surface area contributed by atoms with Gasteiger partial charge in [-0.1, -0.05) is 80.2 Å². The molecule has 0 unspecified atom stereocenters. The van der Waals surface area contributed by atoms with Crippen LogP contribution in [0.3, 0.4) is 0 Å². The third-order valence-electron chi connectivity index (χ3n) is 3.29. The molecule has 0 nitrogen and oxygen atoms in total. The van der Waals surface area contributed by atoms with E-state index < -0.39 is 7.38 Å². The molecule has 0 aliphatic carbocycles. The van der Waals surface area contributed by atoms with Crippen LogP contribution >= 0.6 is 19.0 Å². The van der Waals surface area contributed by atoms with E-state index in [0.29, 0.717) is 0 Å². The summed E-state index contributed by atoms with van der Waals surface area (Å²) < 4.78 is 0. The molecule has 0 radical (unpaired) electrons. The Bertz CT molecular complexity index is 468. The first-order valence-electron chi connectivity index (χ1n) is 7.13. The van der Waals surface area contributed by atoms with Crippen LogP contribution in [0.15, 0.2) is 60.7 Å². The molecule has 2 rings (SSSR count). The zero-order valence-electron chi connectivity index (χ0n) is 12.2. The van der Waals surface area contributed by atoms with Crippen molar-refractivity contribution in [1.29, 1.82) is 0 Å². The van der Waals surface area contributed by atoms with Gasteiger partial charge in [0.15, 0.2) is 7.38 Å². The summed E-state index contributed by atoms with van der Waals surface area (Å²) in [5.41, 5.74) is 0. The number of hydrogen-bond donors (Lipinski definition) is 0. The maximum Gasteiger partial charge on any atom is 0.150 e. The molecule has 0 aliphatic heterocycles. The predicted molar refractivity (Wildman–Crippen MR) is 96.7 cm³/mol. The molecule has 0 heterocycles. The molecule has 0 saturated heterocycles. The van der Waals surface area contributed by atoms with Crippen molar-refractivity contribution in [1.82, 2.24) is 0 Å². The molecule has 20 heavy (non-hydrogen) atoms. The minimum Gasteiger partial charge on any atom is -0.168 e. The summed E-state index contributed by atoms with van der Waals surface area (Å²) in [5, 5.41) is 2.95. The molecular weight excluding hydrogens is 299 g/mol. The van der Waals surface area contributed by atoms with Crippen LogP contribution in [0.25, 0.3) is 0 Å². The van der Waals surface area contributed by atoms with Crippen LogP contribution in [0.4, 0.5) is 0 Å². The lowest BCUT2D eigenvalue weighted by Gasteiger charge is -2.20. The van der Waals surface area contributed by atoms with Gasteiger partial charge < -0.3 is 0 Å². The molecular formula is C17H22ClPSi. The van der Waals surface area contributed by atoms with Gasteiger partial charge in [0, 0.05) is 0 Å². The van der Waals surface area contributed by atoms with Crippen molar-refractivity contribution in [3.05, 3.63) is 60.7 Å². The molecule has 0 aromatic heterocycles. The predicted octanol–water partition coefficient (Wildman–Crippen LogP) is 4.95. The van der Waals surface area contributed by atoms with Crippen LogP contribution in [-0.2, 0) is 0 Å². The Labute approximate surface area is 129 Å². The van der Waals surface area contributed by atoms with E-state index in [1.807, 2.05) is 0 Å². The number of rotatable bonds is 6. The second-order valence-corrected chi connectivity index (χ2v) is 15.0. The smallest absolute Gasteiger partial charge is 0.150 e. The van der Waals surface area contributed by atoms with Crippen molar-refractivity contribution in [2.45, 2.75) is 25.6 Å². The van der Waals surface area contributed by atoms with E-state index in [2.05, 4.69) is 73.8 Å². The molecule has 2 aromatic carbocycles. The fourth-order valence-corrected chi connectivity index (χ4v) is 6.35. The van der Waals surface area contributed by atoms with Gasteiger partial charge in [0.1, 0.15) is 0 Å². The lowest BCUT2D eigenvalue weighted by atomic mass is 10.4. The van der Waals surface area contributed by atoms with Gasteiger partial charge in [-0.3, -0.25) is 0 Å². The zero-order valence-corrected chi connectivity index (χ0v) is 14.9. The first-order chi connectivity index (χ1) is 9.56. The average Bonchev–Trinajstić information content (AvgIpc) is 2.44. The first-order valence-corrected chi connectivity index (χ1v) is 12.9. The van der Waals surface area contributed by atoms with Crippen LogP contribution in [0.1, 0.15) is 6.42 Å². The normalized spacial score (nSPS) is 11.8. The van der Waals surface area contributed by atoms with Gasteiger partial charge in [-0.15, -0.1) is 0 Å². The Morgan fingerprint density at radius 1 is 0.850 bits per heavy atom. The summed E-state index contributed by atoms with van der Waals surface area (Å²) in [4.78, 5) is 0. The van der Waals surface area contributed by atoms with E-state index in [-0.39, 0.29) is 7.92 Å². The molecule has 0 amide bonds. The maximum atomic E-state index is 6.45. The fraction of sp³-hybridized carbons (Fsp3) is 0.294. The molecule has 0 saturated carbocycles. The highest BCUT2D eigenvalue weighted by molar-refractivity contribution is 7.73. The molecule has 0 fully saturated rings. The van der Waals surface area contributed by atoms with E-state index in [0.717, 1.165) is 0 Å². The second kappa shape index (κ2) is 7.40. The minimum atomic E-state index is -1.44. The maximum absolute atomic E-state index is 6.45. The van der Waals surface area contributed by atoms with Gasteiger partial charge >= 0.3 is 0 Å². The Kier molecular flexibility index (Phi) is 5.83. The highest BCUT2D eigenvalue weighted by Crippen LogP contribution is 2.35. The third-order valence-corrected chi connectivity index (χ3v) is 8.00. The van der Waals surface area contributed by atoms with E-state index >= 15 is 0 Å². The average molecular weight is 321 g/mol. The summed E-state index contributed by atoms with van der Waals surface area (Å²) >= 11 is 6.45. The number of hydrogen-bond acceptors (Lipinski definition) is 0. The van der Waals surface area contributed by atoms with Crippen LogP contribution in [0.5, 0.6) is 0 Å². The Hall–Kier alpha value is -0.623. The standard InChI is InChI=1S/C17H22ClPSi/c1-20(2,18)15-9-14-19(16-10-5-3-6-11-16)17-12-7-4-8-13-17/h3-8,10-13H,9,14-15H2,1-2H3. The lowest BCUT2D eigenvalue weighted by molar-refractivity contribution is 1.07. The zero-order chi connectivity index (χ0) is 14.4. The van der Waals surface area contributed by atoms with E-state index in [1.54, 1.807) is 0 Å². The van der Waals surface area contributed by atoms with Crippen molar-refractivity contribution in [3.8, 4) is 0 Å². The number of halogens is 1. The monoisotopic (exact) mass is 320 g/mol. The Balaban J connectivity index is 2.13. The summed E-state index contributed by atoms with van der Waals surface area (Å²) in [6.45, 7) is 4.48. The van der Waals surface area contributed by atoms with Crippen molar-refractivity contribution < 1.29 is 0 Å². The van der Waals surface area contributed by atoms with Crippen LogP contribution < -0.4 is 10.6 Å². The minimum absolute atomic E-state index is 0.240. The SMILES string of the molecule is C[Si](C)(Cl)CCCP(c1ccccc1)c1ccccc1. The molecule has 106 valence electrons. The molecule has 0 bridgehead atoms. The van der Waals surface area contributed by atoms with Gasteiger partial charge in [-0.2, -0.15) is 11.1 Å². The first kappa shape index (κ1) is 15.8. The van der Waals surface area contributed by atoms with Gasteiger partial charge in [-0.05, 0) is 30.7 Å². The van der Waals surface area contributed by atoms with E-state index in [1.165, 1.54) is 29.2 Å². The van der Waals surface area contributed by atoms with Gasteiger partial charge in [0.25, 0.3) is 0 Å². The van der Waals surface area contributed by atoms with Crippen LogP contribution in [0, 0.1) is 0 Å². The van der Waals surface area contributed by atoms with E-state index in [4.69, 9.17) is 11.1 Å². The molecule has 0 spiro atoms. The Morgan fingerprint density at radius 3 is 1.70 bits per heavy atom. The summed E-state index contributed by atoms with van der Waals surface area (Å²) in [6.07, 6.45) is 2.48. The van der Waals surface area contributed by atoms with Crippen molar-refractivity contribution in [2.24, 2.45) is 0 Å². The molecule has 0 atom stereocenters. The van der Waals surface area contributed by atoms with Crippen molar-refractivity contribution in [3.63, 3.8) is 0 Å². The third kappa shape index (κ3) is 5.05. The summed E-state index contributed by atoms with van der Waals surface area (Å²) in [5.74, 6) is 0. The molecule has 0 N–H and O–H groups in total. The lowest BCUT2D eigenvalue weighted by Crippen LogP contribution is -2.18. The van der Waals surface area contributed by atoms with Gasteiger partial charge in [-0.25, -0.2) is 0 Å².